The van der Waals surface area contributed by atoms with Crippen LogP contribution in [0.5, 0.6) is 0 Å². The summed E-state index contributed by atoms with van der Waals surface area (Å²) < 4.78 is 0. The van der Waals surface area contributed by atoms with Crippen LogP contribution in [0, 0.1) is 0 Å². The van der Waals surface area contributed by atoms with E-state index < -0.39 is 0 Å². The highest BCUT2D eigenvalue weighted by atomic mass is 32.1. The highest BCUT2D eigenvalue weighted by molar-refractivity contribution is 7.09. The molecule has 3 N–H and O–H groups in total. The minimum atomic E-state index is 0.358. The van der Waals surface area contributed by atoms with E-state index >= 15 is 0 Å². The maximum Gasteiger partial charge on any atom is 0.188 e. The highest BCUT2D eigenvalue weighted by Gasteiger charge is 2.22. The minimum Gasteiger partial charge on any atom is -0.370 e. The first-order chi connectivity index (χ1) is 11.2. The maximum absolute atomic E-state index is 5.98. The average Bonchev–Trinajstić information content (AvgIpc) is 3.22. The molecular weight excluding hydrogens is 304 g/mol. The Morgan fingerprint density at radius 3 is 3.04 bits per heavy atom. The molecule has 1 aromatic heterocycles. The molecule has 1 aromatic carbocycles. The van der Waals surface area contributed by atoms with E-state index in [2.05, 4.69) is 63.9 Å². The van der Waals surface area contributed by atoms with Gasteiger partial charge < -0.3 is 16.0 Å². The Hall–Kier alpha value is -2.01. The molecule has 23 heavy (non-hydrogen) atoms. The SMILES string of the molecule is CC(CN=C(N)NCCc1cccs1)N1CCc2ccccc21. The zero-order valence-corrected chi connectivity index (χ0v) is 14.4. The standard InChI is InChI=1S/C18H24N4S/c1-14(22-11-9-15-5-2-3-7-17(15)22)13-21-18(19)20-10-8-16-6-4-12-23-16/h2-7,12,14H,8-11,13H2,1H3,(H3,19,20,21). The number of nitrogens with one attached hydrogen (secondary N) is 1. The van der Waals surface area contributed by atoms with Crippen LogP contribution >= 0.6 is 11.3 Å². The van der Waals surface area contributed by atoms with Crippen LogP contribution in [0.25, 0.3) is 0 Å². The average molecular weight is 328 g/mol. The lowest BCUT2D eigenvalue weighted by molar-refractivity contribution is 0.661. The minimum absolute atomic E-state index is 0.358. The Morgan fingerprint density at radius 1 is 1.35 bits per heavy atom. The van der Waals surface area contributed by atoms with Crippen LogP contribution in [-0.4, -0.2) is 31.6 Å². The fourth-order valence-corrected chi connectivity index (χ4v) is 3.68. The third kappa shape index (κ3) is 4.05. The molecule has 122 valence electrons. The molecule has 1 aliphatic heterocycles. The number of para-hydroxylation sites is 1. The number of thiophene rings is 1. The molecule has 1 unspecified atom stereocenters. The van der Waals surface area contributed by atoms with E-state index in [0.29, 0.717) is 18.5 Å². The quantitative estimate of drug-likeness (QED) is 0.633. The lowest BCUT2D eigenvalue weighted by Crippen LogP contribution is -2.37. The number of nitrogens with zero attached hydrogens (tertiary/aromatic N) is 2. The Morgan fingerprint density at radius 2 is 2.22 bits per heavy atom. The van der Waals surface area contributed by atoms with Crippen LogP contribution in [0.4, 0.5) is 5.69 Å². The Balaban J connectivity index is 1.47. The van der Waals surface area contributed by atoms with E-state index in [1.165, 1.54) is 16.1 Å². The third-order valence-corrected chi connectivity index (χ3v) is 5.17. The Kier molecular flexibility index (Phi) is 5.18. The van der Waals surface area contributed by atoms with Crippen molar-refractivity contribution in [2.24, 2.45) is 10.7 Å². The number of guanidine groups is 1. The number of fused-ring (bicyclic) bond motifs is 1. The van der Waals surface area contributed by atoms with Crippen LogP contribution in [-0.2, 0) is 12.8 Å². The molecule has 5 heteroatoms. The zero-order chi connectivity index (χ0) is 16.1. The molecule has 0 aliphatic carbocycles. The summed E-state index contributed by atoms with van der Waals surface area (Å²) >= 11 is 1.78. The Labute approximate surface area is 142 Å². The second kappa shape index (κ2) is 7.51. The number of rotatable bonds is 6. The molecule has 2 heterocycles. The molecule has 0 saturated carbocycles. The van der Waals surface area contributed by atoms with Gasteiger partial charge in [0.25, 0.3) is 0 Å². The molecule has 0 bridgehead atoms. The summed E-state index contributed by atoms with van der Waals surface area (Å²) in [5.41, 5.74) is 8.76. The number of hydrogen-bond donors (Lipinski definition) is 2. The molecule has 2 aromatic rings. The van der Waals surface area contributed by atoms with E-state index in [-0.39, 0.29) is 0 Å². The predicted octanol–water partition coefficient (Wildman–Crippen LogP) is 2.65. The smallest absolute Gasteiger partial charge is 0.188 e. The van der Waals surface area contributed by atoms with E-state index in [4.69, 9.17) is 5.73 Å². The molecule has 1 atom stereocenters. The van der Waals surface area contributed by atoms with Crippen LogP contribution in [0.2, 0.25) is 0 Å². The first-order valence-electron chi connectivity index (χ1n) is 8.15. The van der Waals surface area contributed by atoms with Crippen LogP contribution in [0.1, 0.15) is 17.4 Å². The summed E-state index contributed by atoms with van der Waals surface area (Å²) in [6.07, 6.45) is 2.11. The first-order valence-corrected chi connectivity index (χ1v) is 9.02. The fraction of sp³-hybridized carbons (Fsp3) is 0.389. The van der Waals surface area contributed by atoms with Gasteiger partial charge in [-0.2, -0.15) is 0 Å². The second-order valence-corrected chi connectivity index (χ2v) is 6.94. The number of anilines is 1. The van der Waals surface area contributed by atoms with Gasteiger partial charge in [0.15, 0.2) is 5.96 Å². The van der Waals surface area contributed by atoms with Crippen molar-refractivity contribution in [3.8, 4) is 0 Å². The second-order valence-electron chi connectivity index (χ2n) is 5.90. The fourth-order valence-electron chi connectivity index (χ4n) is 2.98. The summed E-state index contributed by atoms with van der Waals surface area (Å²) in [4.78, 5) is 8.30. The van der Waals surface area contributed by atoms with Gasteiger partial charge in [-0.15, -0.1) is 11.3 Å². The van der Waals surface area contributed by atoms with Gasteiger partial charge in [-0.3, -0.25) is 4.99 Å². The summed E-state index contributed by atoms with van der Waals surface area (Å²) in [6, 6.07) is 13.2. The van der Waals surface area contributed by atoms with Gasteiger partial charge in [0.2, 0.25) is 0 Å². The van der Waals surface area contributed by atoms with Crippen LogP contribution in [0.3, 0.4) is 0 Å². The third-order valence-electron chi connectivity index (χ3n) is 4.24. The van der Waals surface area contributed by atoms with Crippen molar-refractivity contribution in [1.82, 2.24) is 5.32 Å². The Bertz CT molecular complexity index is 651. The van der Waals surface area contributed by atoms with E-state index in [1.807, 2.05) is 0 Å². The summed E-state index contributed by atoms with van der Waals surface area (Å²) in [6.45, 7) is 4.83. The topological polar surface area (TPSA) is 53.6 Å². The van der Waals surface area contributed by atoms with Gasteiger partial charge in [0.1, 0.15) is 0 Å². The number of hydrogen-bond acceptors (Lipinski definition) is 3. The van der Waals surface area contributed by atoms with Gasteiger partial charge in [-0.1, -0.05) is 24.3 Å². The van der Waals surface area contributed by atoms with Gasteiger partial charge >= 0.3 is 0 Å². The monoisotopic (exact) mass is 328 g/mol. The molecule has 0 spiro atoms. The molecule has 0 amide bonds. The number of aliphatic imine (C=N–C) groups is 1. The molecular formula is C18H24N4S. The zero-order valence-electron chi connectivity index (χ0n) is 13.5. The van der Waals surface area contributed by atoms with Gasteiger partial charge in [-0.25, -0.2) is 0 Å². The van der Waals surface area contributed by atoms with Crippen molar-refractivity contribution in [3.63, 3.8) is 0 Å². The van der Waals surface area contributed by atoms with E-state index in [1.54, 1.807) is 11.3 Å². The van der Waals surface area contributed by atoms with Crippen molar-refractivity contribution in [2.75, 3.05) is 24.5 Å². The van der Waals surface area contributed by atoms with Crippen molar-refractivity contribution < 1.29 is 0 Å². The normalized spacial score (nSPS) is 15.5. The van der Waals surface area contributed by atoms with Gasteiger partial charge in [0.05, 0.1) is 6.54 Å². The maximum atomic E-state index is 5.98. The van der Waals surface area contributed by atoms with Crippen molar-refractivity contribution in [1.29, 1.82) is 0 Å². The van der Waals surface area contributed by atoms with Gasteiger partial charge in [0, 0.05) is 29.7 Å². The number of benzene rings is 1. The lowest BCUT2D eigenvalue weighted by atomic mass is 10.2. The summed E-state index contributed by atoms with van der Waals surface area (Å²) in [7, 11) is 0. The largest absolute Gasteiger partial charge is 0.370 e. The van der Waals surface area contributed by atoms with Crippen LogP contribution in [0.15, 0.2) is 46.8 Å². The van der Waals surface area contributed by atoms with E-state index in [0.717, 1.165) is 25.9 Å². The summed E-state index contributed by atoms with van der Waals surface area (Å²) in [5, 5.41) is 5.30. The molecule has 4 nitrogen and oxygen atoms in total. The predicted molar refractivity (Wildman–Crippen MR) is 99.5 cm³/mol. The van der Waals surface area contributed by atoms with E-state index in [9.17, 15) is 0 Å². The first kappa shape index (κ1) is 15.9. The molecule has 1 aliphatic rings. The van der Waals surface area contributed by atoms with Crippen molar-refractivity contribution in [2.45, 2.75) is 25.8 Å². The molecule has 0 radical (unpaired) electrons. The van der Waals surface area contributed by atoms with Gasteiger partial charge in [-0.05, 0) is 42.8 Å². The summed E-state index contributed by atoms with van der Waals surface area (Å²) in [5.74, 6) is 0.542. The molecule has 0 fully saturated rings. The lowest BCUT2D eigenvalue weighted by Gasteiger charge is -2.26. The van der Waals surface area contributed by atoms with Crippen molar-refractivity contribution >= 4 is 23.0 Å². The van der Waals surface area contributed by atoms with Crippen molar-refractivity contribution in [3.05, 3.63) is 52.2 Å². The molecule has 0 saturated heterocycles. The van der Waals surface area contributed by atoms with Crippen LogP contribution < -0.4 is 16.0 Å². The number of nitrogens with two attached hydrogens (primary N) is 1. The highest BCUT2D eigenvalue weighted by Crippen LogP contribution is 2.29. The molecule has 3 rings (SSSR count).